The molecule has 4 aliphatic heterocycles. The fourth-order valence-corrected chi connectivity index (χ4v) is 18.1. The standard InChI is InChI=1S/C94H70B2N6/c1-93(2,3)61-45-49-77-71(51-61)89-69-37-21-19-27-59(69)43-47-81(89)101(77)67-53-85-91-87(55-67)99(65-33-15-9-16-34-65)83-58-84-76(57-75(83)95(91)73-39-23-25-41-79(73)97(85)63-29-11-7-12-30-63)96-74-40-24-26-42-80(74)98(64-31-13-8-14-32-64)86-54-68(56-88(92(86)96)100(84)66-35-17-10-18-36-66)102-78-50-46-62(94(4,5)6)52-72(78)90-70-38-22-20-28-60(70)44-48-82(90)102/h7-58H,1-6H3. The average Bonchev–Trinajstić information content (AvgIpc) is 0.726. The molecule has 0 atom stereocenters. The molecular formula is C94H70B2N6. The molecule has 0 saturated carbocycles. The zero-order valence-electron chi connectivity index (χ0n) is 57.9. The molecule has 0 saturated heterocycles. The Balaban J connectivity index is 0.886. The lowest BCUT2D eigenvalue weighted by Crippen LogP contribution is -2.65. The molecule has 6 heterocycles. The largest absolute Gasteiger partial charge is 0.311 e. The number of benzene rings is 15. The molecule has 0 radical (unpaired) electrons. The summed E-state index contributed by atoms with van der Waals surface area (Å²) in [4.78, 5) is 10.3. The van der Waals surface area contributed by atoms with Crippen LogP contribution in [-0.2, 0) is 10.8 Å². The lowest BCUT2D eigenvalue weighted by Gasteiger charge is -2.47. The molecule has 0 bridgehead atoms. The molecule has 17 aromatic rings. The first kappa shape index (κ1) is 58.7. The maximum absolute atomic E-state index is 2.66. The van der Waals surface area contributed by atoms with Crippen molar-refractivity contribution in [2.45, 2.75) is 52.4 Å². The highest BCUT2D eigenvalue weighted by Crippen LogP contribution is 2.52. The van der Waals surface area contributed by atoms with Crippen molar-refractivity contribution in [3.63, 3.8) is 0 Å². The molecule has 21 rings (SSSR count). The van der Waals surface area contributed by atoms with Gasteiger partial charge in [0.1, 0.15) is 0 Å². The van der Waals surface area contributed by atoms with Gasteiger partial charge in [-0.2, -0.15) is 0 Å². The van der Waals surface area contributed by atoms with E-state index in [9.17, 15) is 0 Å². The van der Waals surface area contributed by atoms with Crippen LogP contribution in [0.5, 0.6) is 0 Å². The molecule has 0 N–H and O–H groups in total. The number of nitrogens with zero attached hydrogens (tertiary/aromatic N) is 6. The molecule has 0 fully saturated rings. The summed E-state index contributed by atoms with van der Waals surface area (Å²) in [5.74, 6) is 0. The van der Waals surface area contributed by atoms with Gasteiger partial charge in [0.2, 0.25) is 0 Å². The van der Waals surface area contributed by atoms with Gasteiger partial charge >= 0.3 is 0 Å². The smallest absolute Gasteiger partial charge is 0.252 e. The minimum Gasteiger partial charge on any atom is -0.311 e. The quantitative estimate of drug-likeness (QED) is 0.155. The zero-order chi connectivity index (χ0) is 68.0. The van der Waals surface area contributed by atoms with Gasteiger partial charge in [0, 0.05) is 89.8 Å². The van der Waals surface area contributed by atoms with Crippen molar-refractivity contribution in [3.8, 4) is 11.4 Å². The van der Waals surface area contributed by atoms with E-state index in [1.165, 1.54) is 120 Å². The van der Waals surface area contributed by atoms with Crippen molar-refractivity contribution < 1.29 is 0 Å². The third-order valence-electron chi connectivity index (χ3n) is 22.7. The fourth-order valence-electron chi connectivity index (χ4n) is 18.1. The first-order chi connectivity index (χ1) is 49.9. The van der Waals surface area contributed by atoms with Crippen molar-refractivity contribution >= 4 is 180 Å². The predicted molar refractivity (Wildman–Crippen MR) is 436 cm³/mol. The Kier molecular flexibility index (Phi) is 12.4. The SMILES string of the molecule is CC(C)(C)c1ccc2c(c1)c1c3ccccc3ccc1n2-c1cc2c3c(c1)N(c1ccccc1)c1cc4c(cc1B3c1ccccc1N2c1ccccc1)B1c2ccccc2N(c2ccccc2)c2cc(-n3c5ccc(C(C)(C)C)cc5c5c6ccccc6ccc53)cc(c21)N4c1ccccc1. The summed E-state index contributed by atoms with van der Waals surface area (Å²) >= 11 is 0. The van der Waals surface area contributed by atoms with Crippen molar-refractivity contribution in [3.05, 3.63) is 327 Å². The summed E-state index contributed by atoms with van der Waals surface area (Å²) in [7, 11) is 0. The molecule has 4 aliphatic rings. The molecule has 15 aromatic carbocycles. The highest BCUT2D eigenvalue weighted by Gasteiger charge is 2.49. The van der Waals surface area contributed by atoms with Gasteiger partial charge in [-0.05, 0) is 204 Å². The average molecular weight is 1310 g/mol. The van der Waals surface area contributed by atoms with Crippen molar-refractivity contribution in [2.75, 3.05) is 19.6 Å². The lowest BCUT2D eigenvalue weighted by molar-refractivity contribution is 0.591. The highest BCUT2D eigenvalue weighted by molar-refractivity contribution is 7.03. The molecule has 0 unspecified atom stereocenters. The fraction of sp³-hybridized carbons (Fsp3) is 0.0851. The maximum atomic E-state index is 2.66. The Morgan fingerprint density at radius 3 is 0.922 bits per heavy atom. The Bertz CT molecular complexity index is 6000. The summed E-state index contributed by atoms with van der Waals surface area (Å²) < 4.78 is 5.13. The molecular weight excluding hydrogens is 1230 g/mol. The lowest BCUT2D eigenvalue weighted by atomic mass is 9.30. The second-order valence-corrected chi connectivity index (χ2v) is 30.4. The summed E-state index contributed by atoms with van der Waals surface area (Å²) in [6.07, 6.45) is 0. The molecule has 0 spiro atoms. The van der Waals surface area contributed by atoms with Crippen LogP contribution in [-0.4, -0.2) is 22.6 Å². The van der Waals surface area contributed by atoms with Gasteiger partial charge in [-0.25, -0.2) is 0 Å². The number of hydrogen-bond acceptors (Lipinski definition) is 4. The van der Waals surface area contributed by atoms with Gasteiger partial charge in [0.05, 0.1) is 33.4 Å². The van der Waals surface area contributed by atoms with Gasteiger partial charge in [-0.3, -0.25) is 0 Å². The van der Waals surface area contributed by atoms with Crippen LogP contribution in [0.4, 0.5) is 68.2 Å². The monoisotopic (exact) mass is 1300 g/mol. The van der Waals surface area contributed by atoms with Crippen molar-refractivity contribution in [1.82, 2.24) is 9.13 Å². The van der Waals surface area contributed by atoms with Gasteiger partial charge in [-0.1, -0.05) is 230 Å². The Morgan fingerprint density at radius 2 is 0.549 bits per heavy atom. The maximum Gasteiger partial charge on any atom is 0.252 e. The molecule has 0 aliphatic carbocycles. The van der Waals surface area contributed by atoms with E-state index in [0.29, 0.717) is 0 Å². The van der Waals surface area contributed by atoms with Crippen LogP contribution in [0.15, 0.2) is 315 Å². The molecule has 8 heteroatoms. The van der Waals surface area contributed by atoms with Crippen LogP contribution in [0.1, 0.15) is 52.7 Å². The molecule has 0 amide bonds. The van der Waals surface area contributed by atoms with Crippen LogP contribution in [0.2, 0.25) is 0 Å². The van der Waals surface area contributed by atoms with E-state index in [-0.39, 0.29) is 24.3 Å². The third kappa shape index (κ3) is 8.44. The minimum atomic E-state index is -0.171. The van der Waals surface area contributed by atoms with Crippen LogP contribution in [0.25, 0.3) is 76.5 Å². The van der Waals surface area contributed by atoms with Crippen LogP contribution in [0, 0.1) is 0 Å². The third-order valence-corrected chi connectivity index (χ3v) is 22.7. The van der Waals surface area contributed by atoms with Gasteiger partial charge < -0.3 is 28.7 Å². The van der Waals surface area contributed by atoms with Crippen molar-refractivity contribution in [2.24, 2.45) is 0 Å². The van der Waals surface area contributed by atoms with E-state index < -0.39 is 0 Å². The minimum absolute atomic E-state index is 0.0605. The number of anilines is 12. The second kappa shape index (κ2) is 21.6. The summed E-state index contributed by atoms with van der Waals surface area (Å²) in [6, 6.07) is 120. The zero-order valence-corrected chi connectivity index (χ0v) is 57.9. The number of aromatic nitrogens is 2. The van der Waals surface area contributed by atoms with E-state index >= 15 is 0 Å². The van der Waals surface area contributed by atoms with E-state index in [1.54, 1.807) is 0 Å². The van der Waals surface area contributed by atoms with E-state index in [0.717, 1.165) is 68.2 Å². The number of hydrogen-bond donors (Lipinski definition) is 0. The highest BCUT2D eigenvalue weighted by atomic mass is 15.2. The molecule has 482 valence electrons. The van der Waals surface area contributed by atoms with Gasteiger partial charge in [-0.15, -0.1) is 0 Å². The normalized spacial score (nSPS) is 13.7. The number of fused-ring (bicyclic) bond motifs is 18. The summed E-state index contributed by atoms with van der Waals surface area (Å²) in [5, 5.41) is 10.0. The van der Waals surface area contributed by atoms with Crippen LogP contribution >= 0.6 is 0 Å². The summed E-state index contributed by atoms with van der Waals surface area (Å²) in [6.45, 7) is 13.6. The second-order valence-electron chi connectivity index (χ2n) is 30.4. The molecule has 2 aromatic heterocycles. The Hall–Kier alpha value is -12.3. The first-order valence-electron chi connectivity index (χ1n) is 36.0. The van der Waals surface area contributed by atoms with E-state index in [1.807, 2.05) is 0 Å². The van der Waals surface area contributed by atoms with E-state index in [2.05, 4.69) is 386 Å². The molecule has 6 nitrogen and oxygen atoms in total. The van der Waals surface area contributed by atoms with Gasteiger partial charge in [0.15, 0.2) is 0 Å². The van der Waals surface area contributed by atoms with Crippen molar-refractivity contribution in [1.29, 1.82) is 0 Å². The van der Waals surface area contributed by atoms with Crippen LogP contribution < -0.4 is 52.4 Å². The van der Waals surface area contributed by atoms with Crippen LogP contribution in [0.3, 0.4) is 0 Å². The van der Waals surface area contributed by atoms with E-state index in [4.69, 9.17) is 0 Å². The molecule has 102 heavy (non-hydrogen) atoms. The number of para-hydroxylation sites is 6. The Morgan fingerprint density at radius 1 is 0.225 bits per heavy atom. The van der Waals surface area contributed by atoms with Gasteiger partial charge in [0.25, 0.3) is 13.4 Å². The summed E-state index contributed by atoms with van der Waals surface area (Å²) in [5.41, 5.74) is 30.6. The predicted octanol–water partition coefficient (Wildman–Crippen LogP) is 20.9. The number of rotatable bonds is 6. The first-order valence-corrected chi connectivity index (χ1v) is 36.0. The Labute approximate surface area is 595 Å². The topological polar surface area (TPSA) is 22.8 Å².